The van der Waals surface area contributed by atoms with Crippen LogP contribution >= 0.6 is 34.8 Å². The first-order valence-corrected chi connectivity index (χ1v) is 11.7. The molecule has 4 heteroatoms. The minimum atomic E-state index is -2.19. The zero-order chi connectivity index (χ0) is 15.5. The van der Waals surface area contributed by atoms with E-state index in [1.165, 1.54) is 10.5 Å². The Morgan fingerprint density at radius 2 is 0.818 bits per heavy atom. The Labute approximate surface area is 152 Å². The molecule has 0 nitrogen and oxygen atoms in total. The summed E-state index contributed by atoms with van der Waals surface area (Å²) in [6, 6.07) is 24.4. The molecule has 0 aliphatic rings. The second kappa shape index (κ2) is 7.28. The molecule has 0 fully saturated rings. The van der Waals surface area contributed by atoms with E-state index in [0.717, 1.165) is 15.1 Å². The Balaban J connectivity index is 2.18. The van der Waals surface area contributed by atoms with Gasteiger partial charge in [0.1, 0.15) is 0 Å². The molecule has 0 unspecified atom stereocenters. The fraction of sp³-hybridized carbons (Fsp3) is 0. The number of rotatable bonds is 3. The van der Waals surface area contributed by atoms with Gasteiger partial charge in [0.2, 0.25) is 0 Å². The van der Waals surface area contributed by atoms with E-state index in [1.54, 1.807) is 0 Å². The van der Waals surface area contributed by atoms with Crippen molar-refractivity contribution in [3.63, 3.8) is 0 Å². The Morgan fingerprint density at radius 3 is 1.09 bits per heavy atom. The normalized spacial score (nSPS) is 10.9. The summed E-state index contributed by atoms with van der Waals surface area (Å²) in [4.78, 5) is 0. The molecule has 0 spiro atoms. The van der Waals surface area contributed by atoms with E-state index in [9.17, 15) is 0 Å². The van der Waals surface area contributed by atoms with Crippen LogP contribution in [-0.2, 0) is 0 Å². The average molecular weight is 456 g/mol. The van der Waals surface area contributed by atoms with E-state index in [1.807, 2.05) is 36.4 Å². The third kappa shape index (κ3) is 3.81. The van der Waals surface area contributed by atoms with E-state index in [0.29, 0.717) is 0 Å². The van der Waals surface area contributed by atoms with Crippen molar-refractivity contribution < 1.29 is 0 Å². The van der Waals surface area contributed by atoms with Gasteiger partial charge in [0.25, 0.3) is 0 Å². The van der Waals surface area contributed by atoms with Gasteiger partial charge in [-0.15, -0.1) is 0 Å². The molecular formula is C18H12Cl3Sb. The molecule has 0 amide bonds. The molecule has 0 bridgehead atoms. The molecule has 3 rings (SSSR count). The molecule has 3 aromatic rings. The zero-order valence-electron chi connectivity index (χ0n) is 11.5. The number of hydrogen-bond donors (Lipinski definition) is 0. The number of benzene rings is 3. The van der Waals surface area contributed by atoms with Crippen molar-refractivity contribution in [2.75, 3.05) is 0 Å². The van der Waals surface area contributed by atoms with Gasteiger partial charge < -0.3 is 0 Å². The van der Waals surface area contributed by atoms with Gasteiger partial charge in [0, 0.05) is 0 Å². The summed E-state index contributed by atoms with van der Waals surface area (Å²) < 4.78 is 3.88. The molecule has 110 valence electrons. The van der Waals surface area contributed by atoms with Crippen molar-refractivity contribution in [1.29, 1.82) is 0 Å². The maximum absolute atomic E-state index is 6.20. The molecule has 0 saturated carbocycles. The summed E-state index contributed by atoms with van der Waals surface area (Å²) in [5, 5.41) is 2.28. The van der Waals surface area contributed by atoms with Crippen molar-refractivity contribution in [3.8, 4) is 0 Å². The van der Waals surface area contributed by atoms with Crippen molar-refractivity contribution in [3.05, 3.63) is 87.9 Å². The molecule has 0 atom stereocenters. The summed E-state index contributed by atoms with van der Waals surface area (Å²) in [6.45, 7) is 0. The van der Waals surface area contributed by atoms with Gasteiger partial charge in [-0.3, -0.25) is 0 Å². The van der Waals surface area contributed by atoms with Crippen LogP contribution in [0, 0.1) is 0 Å². The fourth-order valence-electron chi connectivity index (χ4n) is 2.29. The minimum absolute atomic E-state index is 0.760. The van der Waals surface area contributed by atoms with Crippen molar-refractivity contribution in [1.82, 2.24) is 0 Å². The predicted octanol–water partition coefficient (Wildman–Crippen LogP) is 4.16. The summed E-state index contributed by atoms with van der Waals surface area (Å²) in [7, 11) is 0. The van der Waals surface area contributed by atoms with Gasteiger partial charge in [0.15, 0.2) is 0 Å². The molecule has 0 heterocycles. The molecule has 22 heavy (non-hydrogen) atoms. The summed E-state index contributed by atoms with van der Waals surface area (Å²) in [5.74, 6) is 0. The molecule has 3 aromatic carbocycles. The molecule has 0 aromatic heterocycles. The van der Waals surface area contributed by atoms with E-state index in [-0.39, 0.29) is 0 Å². The fourth-order valence-corrected chi connectivity index (χ4v) is 10.4. The molecule has 0 N–H and O–H groups in total. The van der Waals surface area contributed by atoms with E-state index < -0.39 is 20.2 Å². The SMILES string of the molecule is Clc1ccc[c]([Sb]([c]2cccc(Cl)c2)[c]2cccc(Cl)c2)c1. The Hall–Kier alpha value is -0.652. The molecule has 0 radical (unpaired) electrons. The van der Waals surface area contributed by atoms with E-state index >= 15 is 0 Å². The summed E-state index contributed by atoms with van der Waals surface area (Å²) in [6.07, 6.45) is 0. The molecule has 0 saturated heterocycles. The van der Waals surface area contributed by atoms with Crippen molar-refractivity contribution in [2.45, 2.75) is 0 Å². The average Bonchev–Trinajstić information content (AvgIpc) is 2.48. The number of halogens is 3. The van der Waals surface area contributed by atoms with Crippen LogP contribution in [-0.4, -0.2) is 20.2 Å². The zero-order valence-corrected chi connectivity index (χ0v) is 16.3. The van der Waals surface area contributed by atoms with Gasteiger partial charge in [-0.05, 0) is 0 Å². The van der Waals surface area contributed by atoms with Crippen molar-refractivity contribution in [2.24, 2.45) is 0 Å². The topological polar surface area (TPSA) is 0 Å². The molecular weight excluding hydrogens is 444 g/mol. The van der Waals surface area contributed by atoms with Crippen LogP contribution in [0.15, 0.2) is 72.8 Å². The Kier molecular flexibility index (Phi) is 5.37. The third-order valence-corrected chi connectivity index (χ3v) is 10.7. The molecule has 0 aliphatic heterocycles. The van der Waals surface area contributed by atoms with Crippen LogP contribution in [0.1, 0.15) is 0 Å². The first kappa shape index (κ1) is 16.2. The Bertz CT molecular complexity index is 693. The van der Waals surface area contributed by atoms with Crippen LogP contribution in [0.4, 0.5) is 0 Å². The first-order chi connectivity index (χ1) is 10.6. The standard InChI is InChI=1S/3C6H4Cl.Sb/c3*7-6-4-2-1-3-5-6;/h3*1-2,4-5H;. The van der Waals surface area contributed by atoms with Crippen LogP contribution in [0.25, 0.3) is 0 Å². The summed E-state index contributed by atoms with van der Waals surface area (Å²) >= 11 is 16.4. The maximum atomic E-state index is 6.20. The van der Waals surface area contributed by atoms with Crippen LogP contribution in [0.2, 0.25) is 15.1 Å². The quantitative estimate of drug-likeness (QED) is 0.520. The predicted molar refractivity (Wildman–Crippen MR) is 99.0 cm³/mol. The van der Waals surface area contributed by atoms with Crippen LogP contribution < -0.4 is 10.5 Å². The van der Waals surface area contributed by atoms with Gasteiger partial charge in [-0.2, -0.15) is 0 Å². The van der Waals surface area contributed by atoms with E-state index in [2.05, 4.69) is 36.4 Å². The van der Waals surface area contributed by atoms with E-state index in [4.69, 9.17) is 34.8 Å². The second-order valence-electron chi connectivity index (χ2n) is 4.78. The van der Waals surface area contributed by atoms with Gasteiger partial charge >= 0.3 is 153 Å². The van der Waals surface area contributed by atoms with Crippen LogP contribution in [0.5, 0.6) is 0 Å². The summed E-state index contributed by atoms with van der Waals surface area (Å²) in [5.41, 5.74) is 0. The van der Waals surface area contributed by atoms with Crippen LogP contribution in [0.3, 0.4) is 0 Å². The van der Waals surface area contributed by atoms with Gasteiger partial charge in [0.05, 0.1) is 0 Å². The number of hydrogen-bond acceptors (Lipinski definition) is 0. The second-order valence-corrected chi connectivity index (χ2v) is 12.4. The monoisotopic (exact) mass is 454 g/mol. The third-order valence-electron chi connectivity index (χ3n) is 3.20. The van der Waals surface area contributed by atoms with Gasteiger partial charge in [-0.1, -0.05) is 0 Å². The Morgan fingerprint density at radius 1 is 0.500 bits per heavy atom. The first-order valence-electron chi connectivity index (χ1n) is 6.70. The van der Waals surface area contributed by atoms with Crippen molar-refractivity contribution >= 4 is 65.5 Å². The van der Waals surface area contributed by atoms with Gasteiger partial charge in [-0.25, -0.2) is 0 Å². The molecule has 0 aliphatic carbocycles.